The van der Waals surface area contributed by atoms with E-state index in [1.165, 1.54) is 11.3 Å². The average molecular weight is 310 g/mol. The van der Waals surface area contributed by atoms with Gasteiger partial charge in [0.15, 0.2) is 0 Å². The minimum atomic E-state index is 0.199. The molecule has 118 valence electrons. The summed E-state index contributed by atoms with van der Waals surface area (Å²) in [6, 6.07) is 7.54. The molecule has 0 radical (unpaired) electrons. The lowest BCUT2D eigenvalue weighted by molar-refractivity contribution is 0.170. The Balaban J connectivity index is 2.26. The first-order valence-electron chi connectivity index (χ1n) is 7.93. The minimum absolute atomic E-state index is 0.199. The van der Waals surface area contributed by atoms with Crippen LogP contribution in [0.4, 0.5) is 5.69 Å². The second kappa shape index (κ2) is 6.99. The average Bonchev–Trinajstić information content (AvgIpc) is 2.44. The second-order valence-corrected chi connectivity index (χ2v) is 6.85. The van der Waals surface area contributed by atoms with Crippen molar-refractivity contribution < 1.29 is 0 Å². The van der Waals surface area contributed by atoms with Crippen molar-refractivity contribution in [3.63, 3.8) is 0 Å². The summed E-state index contributed by atoms with van der Waals surface area (Å²) in [6.07, 6.45) is 1.88. The van der Waals surface area contributed by atoms with Crippen molar-refractivity contribution >= 4 is 17.3 Å². The highest BCUT2D eigenvalue weighted by Gasteiger charge is 2.27. The van der Waals surface area contributed by atoms with Crippen LogP contribution in [0, 0.1) is 0 Å². The molecule has 0 aliphatic carbocycles. The van der Waals surface area contributed by atoms with Crippen molar-refractivity contribution in [1.29, 1.82) is 0 Å². The molecule has 1 aromatic carbocycles. The van der Waals surface area contributed by atoms with Gasteiger partial charge in [0, 0.05) is 41.9 Å². The van der Waals surface area contributed by atoms with Crippen LogP contribution < -0.4 is 10.6 Å². The molecule has 21 heavy (non-hydrogen) atoms. The molecule has 2 rings (SSSR count). The van der Waals surface area contributed by atoms with Gasteiger partial charge in [-0.15, -0.1) is 0 Å². The van der Waals surface area contributed by atoms with E-state index in [9.17, 15) is 0 Å². The quantitative estimate of drug-likeness (QED) is 0.927. The molecule has 1 fully saturated rings. The summed E-state index contributed by atoms with van der Waals surface area (Å²) in [4.78, 5) is 4.94. The van der Waals surface area contributed by atoms with Crippen LogP contribution >= 0.6 is 11.6 Å². The summed E-state index contributed by atoms with van der Waals surface area (Å²) in [5.74, 6) is 0. The summed E-state index contributed by atoms with van der Waals surface area (Å²) in [5.41, 5.74) is 8.74. The molecule has 1 aromatic rings. The van der Waals surface area contributed by atoms with Gasteiger partial charge in [-0.25, -0.2) is 0 Å². The molecule has 1 saturated heterocycles. The number of likely N-dealkylation sites (N-methyl/N-ethyl adjacent to an activating group) is 1. The van der Waals surface area contributed by atoms with Crippen LogP contribution in [0.3, 0.4) is 0 Å². The van der Waals surface area contributed by atoms with Crippen molar-refractivity contribution in [2.24, 2.45) is 5.73 Å². The Bertz CT molecular complexity index is 465. The van der Waals surface area contributed by atoms with E-state index in [-0.39, 0.29) is 6.04 Å². The van der Waals surface area contributed by atoms with Gasteiger partial charge in [0.05, 0.1) is 0 Å². The van der Waals surface area contributed by atoms with E-state index in [4.69, 9.17) is 17.3 Å². The SMILES string of the molecule is CCC(N)Cc1cc(Cl)ccc1N1CC(C)N(C)C(C)C1. The molecule has 1 aliphatic heterocycles. The highest BCUT2D eigenvalue weighted by atomic mass is 35.5. The Morgan fingerprint density at radius 3 is 2.48 bits per heavy atom. The van der Waals surface area contributed by atoms with Crippen LogP contribution in [0.5, 0.6) is 0 Å². The second-order valence-electron chi connectivity index (χ2n) is 6.41. The van der Waals surface area contributed by atoms with Gasteiger partial charge in [0.2, 0.25) is 0 Å². The third-order valence-corrected chi connectivity index (χ3v) is 4.98. The van der Waals surface area contributed by atoms with E-state index in [0.29, 0.717) is 12.1 Å². The van der Waals surface area contributed by atoms with E-state index in [1.54, 1.807) is 0 Å². The zero-order valence-electron chi connectivity index (χ0n) is 13.6. The number of rotatable bonds is 4. The van der Waals surface area contributed by atoms with Crippen molar-refractivity contribution in [3.05, 3.63) is 28.8 Å². The first-order chi connectivity index (χ1) is 9.92. The Kier molecular flexibility index (Phi) is 5.53. The van der Waals surface area contributed by atoms with Crippen LogP contribution in [0.1, 0.15) is 32.8 Å². The molecule has 3 unspecified atom stereocenters. The van der Waals surface area contributed by atoms with E-state index < -0.39 is 0 Å². The molecular weight excluding hydrogens is 282 g/mol. The summed E-state index contributed by atoms with van der Waals surface area (Å²) >= 11 is 6.20. The fourth-order valence-electron chi connectivity index (χ4n) is 3.05. The summed E-state index contributed by atoms with van der Waals surface area (Å²) in [5, 5.41) is 0.798. The van der Waals surface area contributed by atoms with Crippen molar-refractivity contribution in [2.75, 3.05) is 25.0 Å². The Morgan fingerprint density at radius 1 is 1.29 bits per heavy atom. The van der Waals surface area contributed by atoms with Crippen LogP contribution in [0.2, 0.25) is 5.02 Å². The summed E-state index contributed by atoms with van der Waals surface area (Å²) < 4.78 is 0. The zero-order valence-corrected chi connectivity index (χ0v) is 14.4. The maximum atomic E-state index is 6.20. The van der Waals surface area contributed by atoms with Crippen LogP contribution in [0.25, 0.3) is 0 Å². The zero-order chi connectivity index (χ0) is 15.6. The number of nitrogens with zero attached hydrogens (tertiary/aromatic N) is 2. The maximum absolute atomic E-state index is 6.20. The summed E-state index contributed by atoms with van der Waals surface area (Å²) in [7, 11) is 2.21. The van der Waals surface area contributed by atoms with E-state index in [0.717, 1.165) is 31.0 Å². The first kappa shape index (κ1) is 16.6. The molecule has 0 aromatic heterocycles. The molecule has 0 spiro atoms. The third-order valence-electron chi connectivity index (χ3n) is 4.75. The normalized spacial score (nSPS) is 25.1. The predicted molar refractivity (Wildman–Crippen MR) is 92.3 cm³/mol. The lowest BCUT2D eigenvalue weighted by Crippen LogP contribution is -2.55. The highest BCUT2D eigenvalue weighted by Crippen LogP contribution is 2.28. The number of benzene rings is 1. The number of hydrogen-bond donors (Lipinski definition) is 1. The smallest absolute Gasteiger partial charge is 0.0410 e. The number of halogens is 1. The largest absolute Gasteiger partial charge is 0.368 e. The first-order valence-corrected chi connectivity index (χ1v) is 8.31. The van der Waals surface area contributed by atoms with E-state index in [1.807, 2.05) is 6.07 Å². The Labute approximate surface area is 134 Å². The van der Waals surface area contributed by atoms with E-state index in [2.05, 4.69) is 49.8 Å². The van der Waals surface area contributed by atoms with Crippen LogP contribution in [-0.4, -0.2) is 43.2 Å². The maximum Gasteiger partial charge on any atom is 0.0410 e. The Hall–Kier alpha value is -0.770. The predicted octanol–water partition coefficient (Wildman–Crippen LogP) is 3.15. The monoisotopic (exact) mass is 309 g/mol. The molecule has 1 aliphatic rings. The van der Waals surface area contributed by atoms with Gasteiger partial charge in [0.25, 0.3) is 0 Å². The third kappa shape index (κ3) is 3.91. The number of anilines is 1. The molecule has 3 atom stereocenters. The van der Waals surface area contributed by atoms with Gasteiger partial charge >= 0.3 is 0 Å². The molecule has 1 heterocycles. The van der Waals surface area contributed by atoms with Gasteiger partial charge in [-0.1, -0.05) is 18.5 Å². The highest BCUT2D eigenvalue weighted by molar-refractivity contribution is 6.30. The van der Waals surface area contributed by atoms with E-state index >= 15 is 0 Å². The molecule has 0 bridgehead atoms. The Morgan fingerprint density at radius 2 is 1.90 bits per heavy atom. The van der Waals surface area contributed by atoms with Gasteiger partial charge in [-0.2, -0.15) is 0 Å². The van der Waals surface area contributed by atoms with Gasteiger partial charge in [-0.3, -0.25) is 4.90 Å². The fraction of sp³-hybridized carbons (Fsp3) is 0.647. The van der Waals surface area contributed by atoms with Crippen molar-refractivity contribution in [1.82, 2.24) is 4.90 Å². The van der Waals surface area contributed by atoms with Crippen LogP contribution in [0.15, 0.2) is 18.2 Å². The molecule has 3 nitrogen and oxygen atoms in total. The minimum Gasteiger partial charge on any atom is -0.368 e. The van der Waals surface area contributed by atoms with Crippen molar-refractivity contribution in [2.45, 2.75) is 51.7 Å². The standard InChI is InChI=1S/C17H28ClN3/c1-5-16(19)9-14-8-15(18)6-7-17(14)21-10-12(2)20(4)13(3)11-21/h6-8,12-13,16H,5,9-11,19H2,1-4H3. The number of hydrogen-bond acceptors (Lipinski definition) is 3. The summed E-state index contributed by atoms with van der Waals surface area (Å²) in [6.45, 7) is 8.81. The van der Waals surface area contributed by atoms with Gasteiger partial charge in [-0.05, 0) is 57.5 Å². The van der Waals surface area contributed by atoms with Crippen molar-refractivity contribution in [3.8, 4) is 0 Å². The topological polar surface area (TPSA) is 32.5 Å². The molecular formula is C17H28ClN3. The number of nitrogens with two attached hydrogens (primary N) is 1. The molecule has 0 amide bonds. The fourth-order valence-corrected chi connectivity index (χ4v) is 3.25. The molecule has 2 N–H and O–H groups in total. The van der Waals surface area contributed by atoms with Gasteiger partial charge in [0.1, 0.15) is 0 Å². The lowest BCUT2D eigenvalue weighted by Gasteiger charge is -2.44. The number of piperazine rings is 1. The molecule has 0 saturated carbocycles. The molecule has 4 heteroatoms. The lowest BCUT2D eigenvalue weighted by atomic mass is 10.00. The van der Waals surface area contributed by atoms with Gasteiger partial charge < -0.3 is 10.6 Å². The van der Waals surface area contributed by atoms with Crippen LogP contribution in [-0.2, 0) is 6.42 Å².